The number of benzene rings is 3. The van der Waals surface area contributed by atoms with E-state index in [0.29, 0.717) is 11.4 Å². The molecular formula is C27H20ClFN2O2S. The van der Waals surface area contributed by atoms with E-state index in [4.69, 9.17) is 11.6 Å². The number of amides is 2. The lowest BCUT2D eigenvalue weighted by molar-refractivity contribution is -0.123. The highest BCUT2D eigenvalue weighted by atomic mass is 35.5. The number of halogens is 2. The van der Waals surface area contributed by atoms with E-state index in [-0.39, 0.29) is 17.1 Å². The summed E-state index contributed by atoms with van der Waals surface area (Å²) in [4.78, 5) is 27.1. The molecule has 1 aliphatic rings. The Kier molecular flexibility index (Phi) is 6.02. The van der Waals surface area contributed by atoms with Crippen LogP contribution in [0.4, 0.5) is 9.18 Å². The van der Waals surface area contributed by atoms with Gasteiger partial charge in [0.2, 0.25) is 0 Å². The van der Waals surface area contributed by atoms with E-state index in [1.54, 1.807) is 12.1 Å². The lowest BCUT2D eigenvalue weighted by atomic mass is 10.1. The second kappa shape index (κ2) is 9.12. The van der Waals surface area contributed by atoms with Crippen molar-refractivity contribution in [3.8, 4) is 0 Å². The Morgan fingerprint density at radius 3 is 2.44 bits per heavy atom. The number of aromatic nitrogens is 1. The summed E-state index contributed by atoms with van der Waals surface area (Å²) in [7, 11) is 0. The first kappa shape index (κ1) is 22.4. The predicted octanol–water partition coefficient (Wildman–Crippen LogP) is 7.03. The van der Waals surface area contributed by atoms with Gasteiger partial charge in [-0.05, 0) is 48.5 Å². The summed E-state index contributed by atoms with van der Waals surface area (Å²) in [6.45, 7) is 2.49. The van der Waals surface area contributed by atoms with Crippen LogP contribution in [0.3, 0.4) is 0 Å². The van der Waals surface area contributed by atoms with Gasteiger partial charge in [-0.25, -0.2) is 4.39 Å². The van der Waals surface area contributed by atoms with Crippen LogP contribution in [0, 0.1) is 12.7 Å². The lowest BCUT2D eigenvalue weighted by Crippen LogP contribution is -2.28. The average molecular weight is 491 g/mol. The van der Waals surface area contributed by atoms with Crippen molar-refractivity contribution in [1.29, 1.82) is 0 Å². The van der Waals surface area contributed by atoms with Gasteiger partial charge in [0.1, 0.15) is 5.82 Å². The molecule has 0 atom stereocenters. The molecule has 0 unspecified atom stereocenters. The summed E-state index contributed by atoms with van der Waals surface area (Å²) in [6.07, 6.45) is 1.77. The molecule has 2 heterocycles. The van der Waals surface area contributed by atoms with E-state index in [2.05, 4.69) is 22.8 Å². The summed E-state index contributed by atoms with van der Waals surface area (Å²) < 4.78 is 16.5. The van der Waals surface area contributed by atoms with Crippen molar-refractivity contribution >= 4 is 51.5 Å². The topological polar surface area (TPSA) is 42.3 Å². The van der Waals surface area contributed by atoms with E-state index in [1.807, 2.05) is 43.3 Å². The largest absolute Gasteiger partial charge is 0.340 e. The fourth-order valence-corrected chi connectivity index (χ4v) is 5.26. The minimum absolute atomic E-state index is 0.128. The van der Waals surface area contributed by atoms with Gasteiger partial charge >= 0.3 is 0 Å². The molecule has 0 spiro atoms. The summed E-state index contributed by atoms with van der Waals surface area (Å²) in [6, 6.07) is 22.5. The van der Waals surface area contributed by atoms with Gasteiger partial charge in [-0.2, -0.15) is 0 Å². The van der Waals surface area contributed by atoms with Crippen molar-refractivity contribution in [2.24, 2.45) is 0 Å². The first-order chi connectivity index (χ1) is 16.4. The van der Waals surface area contributed by atoms with E-state index in [1.165, 1.54) is 17.7 Å². The molecule has 3 aromatic carbocycles. The van der Waals surface area contributed by atoms with Crippen molar-refractivity contribution in [3.63, 3.8) is 0 Å². The first-order valence-corrected chi connectivity index (χ1v) is 11.9. The van der Waals surface area contributed by atoms with E-state index < -0.39 is 17.0 Å². The van der Waals surface area contributed by atoms with Crippen LogP contribution in [0.25, 0.3) is 17.0 Å². The molecule has 34 heavy (non-hydrogen) atoms. The molecule has 0 radical (unpaired) electrons. The van der Waals surface area contributed by atoms with Crippen LogP contribution >= 0.6 is 23.4 Å². The zero-order valence-electron chi connectivity index (χ0n) is 18.3. The predicted molar refractivity (Wildman–Crippen MR) is 135 cm³/mol. The number of carbonyl (C=O) groups is 2. The van der Waals surface area contributed by atoms with Gasteiger partial charge in [-0.1, -0.05) is 66.2 Å². The van der Waals surface area contributed by atoms with Gasteiger partial charge in [-0.15, -0.1) is 0 Å². The molecule has 4 aromatic rings. The van der Waals surface area contributed by atoms with Crippen LogP contribution in [-0.2, 0) is 17.9 Å². The lowest BCUT2D eigenvalue weighted by Gasteiger charge is -2.14. The Hall–Kier alpha value is -3.35. The molecule has 1 fully saturated rings. The number of fused-ring (bicyclic) bond motifs is 1. The quantitative estimate of drug-likeness (QED) is 0.282. The fourth-order valence-electron chi connectivity index (χ4n) is 4.22. The third kappa shape index (κ3) is 4.04. The number of rotatable bonds is 5. The number of carbonyl (C=O) groups excluding carboxylic acids is 2. The molecular weight excluding hydrogens is 471 g/mol. The number of para-hydroxylation sites is 1. The smallest absolute Gasteiger partial charge is 0.293 e. The van der Waals surface area contributed by atoms with E-state index in [0.717, 1.165) is 38.8 Å². The molecule has 0 N–H and O–H groups in total. The highest BCUT2D eigenvalue weighted by Crippen LogP contribution is 2.37. The first-order valence-electron chi connectivity index (χ1n) is 10.7. The van der Waals surface area contributed by atoms with Gasteiger partial charge in [0.25, 0.3) is 11.1 Å². The number of hydrogen-bond donors (Lipinski definition) is 0. The van der Waals surface area contributed by atoms with Crippen LogP contribution < -0.4 is 0 Å². The Bertz CT molecular complexity index is 1440. The maximum atomic E-state index is 14.3. The summed E-state index contributed by atoms with van der Waals surface area (Å²) in [5, 5.41) is 0.740. The molecule has 0 aliphatic carbocycles. The summed E-state index contributed by atoms with van der Waals surface area (Å²) in [5.74, 6) is -0.996. The van der Waals surface area contributed by atoms with Gasteiger partial charge < -0.3 is 4.57 Å². The highest BCUT2D eigenvalue weighted by Gasteiger charge is 2.36. The summed E-state index contributed by atoms with van der Waals surface area (Å²) >= 11 is 6.97. The molecule has 7 heteroatoms. The van der Waals surface area contributed by atoms with Gasteiger partial charge in [0.05, 0.1) is 11.4 Å². The highest BCUT2D eigenvalue weighted by molar-refractivity contribution is 8.18. The number of hydrogen-bond acceptors (Lipinski definition) is 3. The van der Waals surface area contributed by atoms with Crippen LogP contribution in [0.2, 0.25) is 5.02 Å². The molecule has 0 saturated carbocycles. The van der Waals surface area contributed by atoms with Crippen molar-refractivity contribution in [1.82, 2.24) is 9.47 Å². The summed E-state index contributed by atoms with van der Waals surface area (Å²) in [5.41, 5.74) is 4.23. The van der Waals surface area contributed by atoms with Gasteiger partial charge in [-0.3, -0.25) is 14.5 Å². The molecule has 1 saturated heterocycles. The van der Waals surface area contributed by atoms with Crippen molar-refractivity contribution in [2.45, 2.75) is 20.0 Å². The van der Waals surface area contributed by atoms with Crippen molar-refractivity contribution in [3.05, 3.63) is 111 Å². The van der Waals surface area contributed by atoms with E-state index in [9.17, 15) is 14.0 Å². The average Bonchev–Trinajstić information content (AvgIpc) is 3.25. The SMILES string of the molecule is Cc1c(/C=C2\SC(=O)N(Cc3c(F)cccc3Cl)C2=O)c2ccccc2n1Cc1ccccc1. The van der Waals surface area contributed by atoms with Crippen molar-refractivity contribution in [2.75, 3.05) is 0 Å². The third-order valence-corrected chi connectivity index (χ3v) is 7.25. The number of nitrogens with zero attached hydrogens (tertiary/aromatic N) is 2. The van der Waals surface area contributed by atoms with Crippen LogP contribution in [0.5, 0.6) is 0 Å². The Labute approximate surface area is 205 Å². The van der Waals surface area contributed by atoms with Crippen LogP contribution in [0.15, 0.2) is 77.7 Å². The molecule has 4 nitrogen and oxygen atoms in total. The molecule has 2 amide bonds. The normalized spacial score (nSPS) is 15.1. The van der Waals surface area contributed by atoms with Crippen LogP contribution in [0.1, 0.15) is 22.4 Å². The Morgan fingerprint density at radius 2 is 1.68 bits per heavy atom. The maximum Gasteiger partial charge on any atom is 0.293 e. The molecule has 0 bridgehead atoms. The Balaban J connectivity index is 1.52. The molecule has 1 aliphatic heterocycles. The molecule has 170 valence electrons. The maximum absolute atomic E-state index is 14.3. The standard InChI is InChI=1S/C27H20ClFN2O2S/c1-17-20(19-10-5-6-13-24(19)30(17)15-18-8-3-2-4-9-18)14-25-26(32)31(27(33)34-25)16-21-22(28)11-7-12-23(21)29/h2-14H,15-16H2,1H3/b25-14-. The number of thioether (sulfide) groups is 1. The zero-order valence-corrected chi connectivity index (χ0v) is 19.9. The second-order valence-corrected chi connectivity index (χ2v) is 9.46. The van der Waals surface area contributed by atoms with Crippen LogP contribution in [-0.4, -0.2) is 20.6 Å². The van der Waals surface area contributed by atoms with Gasteiger partial charge in [0.15, 0.2) is 0 Å². The van der Waals surface area contributed by atoms with Gasteiger partial charge in [0, 0.05) is 39.3 Å². The second-order valence-electron chi connectivity index (χ2n) is 8.06. The van der Waals surface area contributed by atoms with E-state index >= 15 is 0 Å². The minimum atomic E-state index is -0.546. The zero-order chi connectivity index (χ0) is 23.8. The monoisotopic (exact) mass is 490 g/mol. The van der Waals surface area contributed by atoms with Crippen molar-refractivity contribution < 1.29 is 14.0 Å². The fraction of sp³-hybridized carbons (Fsp3) is 0.111. The third-order valence-electron chi connectivity index (χ3n) is 5.99. The minimum Gasteiger partial charge on any atom is -0.340 e. The number of imide groups is 1. The Morgan fingerprint density at radius 1 is 0.941 bits per heavy atom. The molecule has 5 rings (SSSR count). The molecule has 1 aromatic heterocycles.